The molecule has 3 aromatic rings. The topological polar surface area (TPSA) is 109 Å². The molecule has 0 bridgehead atoms. The zero-order valence-corrected chi connectivity index (χ0v) is 27.9. The van der Waals surface area contributed by atoms with E-state index in [2.05, 4.69) is 0 Å². The summed E-state index contributed by atoms with van der Waals surface area (Å²) >= 11 is 0. The summed E-state index contributed by atoms with van der Waals surface area (Å²) in [5, 5.41) is 10.9. The van der Waals surface area contributed by atoms with E-state index >= 15 is 4.79 Å². The third-order valence-electron chi connectivity index (χ3n) is 10.3. The molecule has 1 N–H and O–H groups in total. The highest BCUT2D eigenvalue weighted by atomic mass is 16.5. The van der Waals surface area contributed by atoms with Gasteiger partial charge in [-0.05, 0) is 74.4 Å². The molecule has 2 fully saturated rings. The number of rotatable bonds is 9. The Hall–Kier alpha value is -4.93. The molecule has 3 amide bonds. The lowest BCUT2D eigenvalue weighted by molar-refractivity contribution is -0.147. The quantitative estimate of drug-likeness (QED) is 0.343. The fourth-order valence-corrected chi connectivity index (χ4v) is 8.11. The lowest BCUT2D eigenvalue weighted by Crippen LogP contribution is -2.59. The molecule has 1 unspecified atom stereocenters. The second-order valence-corrected chi connectivity index (χ2v) is 13.1. The number of nitrogens with zero attached hydrogens (tertiary/aromatic N) is 3. The van der Waals surface area contributed by atoms with Gasteiger partial charge in [-0.15, -0.1) is 0 Å². The molecule has 2 saturated heterocycles. The first-order valence-corrected chi connectivity index (χ1v) is 16.8. The molecule has 4 aliphatic heterocycles. The van der Waals surface area contributed by atoms with E-state index in [9.17, 15) is 14.7 Å². The van der Waals surface area contributed by atoms with Gasteiger partial charge in [0.15, 0.2) is 0 Å². The van der Waals surface area contributed by atoms with Crippen molar-refractivity contribution < 1.29 is 33.7 Å². The first-order valence-electron chi connectivity index (χ1n) is 16.8. The summed E-state index contributed by atoms with van der Waals surface area (Å²) in [6, 6.07) is 22.1. The number of likely N-dealkylation sites (tertiary alicyclic amines) is 1. The summed E-state index contributed by atoms with van der Waals surface area (Å²) < 4.78 is 18.0. The highest BCUT2D eigenvalue weighted by Gasteiger charge is 2.75. The first kappa shape index (κ1) is 32.6. The van der Waals surface area contributed by atoms with Crippen LogP contribution in [-0.4, -0.2) is 84.4 Å². The molecule has 4 heterocycles. The van der Waals surface area contributed by atoms with Crippen molar-refractivity contribution in [3.63, 3.8) is 0 Å². The largest absolute Gasteiger partial charge is 0.497 e. The molecule has 4 aliphatic rings. The smallest absolute Gasteiger partial charge is 0.253 e. The number of aliphatic hydroxyl groups is 1. The average molecular weight is 664 g/mol. The van der Waals surface area contributed by atoms with E-state index in [0.29, 0.717) is 35.9 Å². The van der Waals surface area contributed by atoms with Crippen LogP contribution in [0.5, 0.6) is 11.5 Å². The maximum Gasteiger partial charge on any atom is 0.253 e. The number of amides is 3. The van der Waals surface area contributed by atoms with Crippen molar-refractivity contribution in [3.05, 3.63) is 109 Å². The number of fused-ring (bicyclic) bond motifs is 2. The highest BCUT2D eigenvalue weighted by Crippen LogP contribution is 2.58. The molecule has 10 heteroatoms. The molecule has 10 nitrogen and oxygen atoms in total. The standard InChI is InChI=1S/C39H41N3O7/c1-4-48-31-18-14-27(15-19-31)40-22-8-20-38(2)32(35(40)44)33-36(45)42(29(25-43)24-26-10-6-5-7-11-26)34-37(46)41(23-9-21-39(33,34)49-38)28-12-16-30(47-3)17-13-28/h5-21,29,32-34,43H,4,22-25H2,1-3H3/t29-,32-,33+,34?,38+,39+/m1/s1. The number of benzene rings is 3. The van der Waals surface area contributed by atoms with E-state index in [1.807, 2.05) is 92.7 Å². The molecular formula is C39H41N3O7. The van der Waals surface area contributed by atoms with Crippen LogP contribution in [0.1, 0.15) is 19.4 Å². The molecule has 1 spiro atoms. The van der Waals surface area contributed by atoms with Crippen LogP contribution in [0.25, 0.3) is 0 Å². The SMILES string of the molecule is CCOc1ccc(N2CC=C[C@]3(C)O[C@]45C=CCN(c6ccc(OC)cc6)C(=O)C4N([C@@H](CO)Cc4ccccc4)C(=O)[C@@H]5[C@@H]3C2=O)cc1. The summed E-state index contributed by atoms with van der Waals surface area (Å²) in [5.74, 6) is -1.64. The monoisotopic (exact) mass is 663 g/mol. The minimum Gasteiger partial charge on any atom is -0.497 e. The van der Waals surface area contributed by atoms with Crippen molar-refractivity contribution in [2.45, 2.75) is 43.6 Å². The zero-order valence-electron chi connectivity index (χ0n) is 27.9. The van der Waals surface area contributed by atoms with Crippen LogP contribution < -0.4 is 19.3 Å². The van der Waals surface area contributed by atoms with E-state index in [0.717, 1.165) is 5.56 Å². The fourth-order valence-electron chi connectivity index (χ4n) is 8.11. The van der Waals surface area contributed by atoms with Crippen molar-refractivity contribution in [3.8, 4) is 11.5 Å². The van der Waals surface area contributed by atoms with Crippen molar-refractivity contribution in [1.82, 2.24) is 4.90 Å². The molecular weight excluding hydrogens is 622 g/mol. The molecule has 6 atom stereocenters. The van der Waals surface area contributed by atoms with Crippen LogP contribution in [0.4, 0.5) is 11.4 Å². The summed E-state index contributed by atoms with van der Waals surface area (Å²) in [7, 11) is 1.58. The normalized spacial score (nSPS) is 28.1. The second-order valence-electron chi connectivity index (χ2n) is 13.1. The highest BCUT2D eigenvalue weighted by molar-refractivity contribution is 6.07. The maximum absolute atomic E-state index is 15.0. The van der Waals surface area contributed by atoms with Crippen molar-refractivity contribution in [2.75, 3.05) is 43.2 Å². The van der Waals surface area contributed by atoms with E-state index < -0.39 is 41.0 Å². The van der Waals surface area contributed by atoms with Gasteiger partial charge in [-0.25, -0.2) is 0 Å². The Morgan fingerprint density at radius 3 is 2.04 bits per heavy atom. The van der Waals surface area contributed by atoms with Crippen LogP contribution in [0.15, 0.2) is 103 Å². The number of hydrogen-bond donors (Lipinski definition) is 1. The predicted octanol–water partition coefficient (Wildman–Crippen LogP) is 4.17. The zero-order chi connectivity index (χ0) is 34.3. The fraction of sp³-hybridized carbons (Fsp3) is 0.359. The van der Waals surface area contributed by atoms with Crippen LogP contribution in [0.2, 0.25) is 0 Å². The third-order valence-corrected chi connectivity index (χ3v) is 10.3. The Labute approximate surface area is 286 Å². The molecule has 0 radical (unpaired) electrons. The Kier molecular flexibility index (Phi) is 8.54. The van der Waals surface area contributed by atoms with Crippen LogP contribution in [0, 0.1) is 11.8 Å². The minimum atomic E-state index is -1.47. The van der Waals surface area contributed by atoms with Gasteiger partial charge in [-0.1, -0.05) is 54.6 Å². The lowest BCUT2D eigenvalue weighted by atomic mass is 9.74. The van der Waals surface area contributed by atoms with Gasteiger partial charge in [-0.3, -0.25) is 14.4 Å². The number of aliphatic hydroxyl groups excluding tert-OH is 1. The van der Waals surface area contributed by atoms with Crippen molar-refractivity contribution >= 4 is 29.1 Å². The maximum atomic E-state index is 15.0. The van der Waals surface area contributed by atoms with Crippen LogP contribution in [0.3, 0.4) is 0 Å². The number of methoxy groups -OCH3 is 1. The second kappa shape index (κ2) is 12.8. The molecule has 0 saturated carbocycles. The van der Waals surface area contributed by atoms with Gasteiger partial charge >= 0.3 is 0 Å². The van der Waals surface area contributed by atoms with Crippen molar-refractivity contribution in [2.24, 2.45) is 11.8 Å². The summed E-state index contributed by atoms with van der Waals surface area (Å²) in [5.41, 5.74) is -0.457. The van der Waals surface area contributed by atoms with Gasteiger partial charge in [-0.2, -0.15) is 0 Å². The van der Waals surface area contributed by atoms with Gasteiger partial charge in [0.25, 0.3) is 5.91 Å². The average Bonchev–Trinajstić information content (AvgIpc) is 3.39. The van der Waals surface area contributed by atoms with E-state index in [4.69, 9.17) is 14.2 Å². The van der Waals surface area contributed by atoms with Gasteiger partial charge in [0.1, 0.15) is 23.1 Å². The Bertz CT molecular complexity index is 1780. The van der Waals surface area contributed by atoms with Crippen LogP contribution >= 0.6 is 0 Å². The predicted molar refractivity (Wildman–Crippen MR) is 184 cm³/mol. The molecule has 0 aliphatic carbocycles. The molecule has 7 rings (SSSR count). The summed E-state index contributed by atoms with van der Waals surface area (Å²) in [6.07, 6.45) is 7.74. The minimum absolute atomic E-state index is 0.230. The van der Waals surface area contributed by atoms with Gasteiger partial charge in [0, 0.05) is 24.5 Å². The van der Waals surface area contributed by atoms with Gasteiger partial charge < -0.3 is 34.0 Å². The molecule has 49 heavy (non-hydrogen) atoms. The van der Waals surface area contributed by atoms with Gasteiger partial charge in [0.2, 0.25) is 11.8 Å². The number of carbonyl (C=O) groups excluding carboxylic acids is 3. The van der Waals surface area contributed by atoms with E-state index in [1.165, 1.54) is 4.90 Å². The number of hydrogen-bond acceptors (Lipinski definition) is 7. The van der Waals surface area contributed by atoms with Gasteiger partial charge in [0.05, 0.1) is 43.8 Å². The first-order chi connectivity index (χ1) is 23.7. The number of ether oxygens (including phenoxy) is 3. The molecule has 3 aromatic carbocycles. The number of anilines is 2. The van der Waals surface area contributed by atoms with Crippen LogP contribution in [-0.2, 0) is 25.5 Å². The Balaban J connectivity index is 1.33. The summed E-state index contributed by atoms with van der Waals surface area (Å²) in [6.45, 7) is 4.39. The Morgan fingerprint density at radius 2 is 1.43 bits per heavy atom. The molecule has 0 aromatic heterocycles. The number of carbonyl (C=O) groups is 3. The van der Waals surface area contributed by atoms with E-state index in [-0.39, 0.29) is 31.5 Å². The van der Waals surface area contributed by atoms with E-state index in [1.54, 1.807) is 41.2 Å². The lowest BCUT2D eigenvalue weighted by Gasteiger charge is -2.40. The summed E-state index contributed by atoms with van der Waals surface area (Å²) in [4.78, 5) is 49.6. The third kappa shape index (κ3) is 5.39. The molecule has 254 valence electrons. The Morgan fingerprint density at radius 1 is 0.816 bits per heavy atom. The van der Waals surface area contributed by atoms with Crippen molar-refractivity contribution in [1.29, 1.82) is 0 Å².